The number of aromatic nitrogens is 3. The zero-order valence-electron chi connectivity index (χ0n) is 23.0. The van der Waals surface area contributed by atoms with Crippen LogP contribution in [0.2, 0.25) is 0 Å². The molecule has 2 aromatic heterocycles. The Bertz CT molecular complexity index is 1500. The van der Waals surface area contributed by atoms with Crippen LogP contribution in [0.5, 0.6) is 0 Å². The molecule has 1 aromatic carbocycles. The van der Waals surface area contributed by atoms with Gasteiger partial charge in [-0.05, 0) is 50.7 Å². The number of hydrogen-bond acceptors (Lipinski definition) is 8. The van der Waals surface area contributed by atoms with E-state index in [-0.39, 0.29) is 36.2 Å². The number of anilines is 4. The molecule has 4 heterocycles. The first-order chi connectivity index (χ1) is 19.5. The lowest BCUT2D eigenvalue weighted by Gasteiger charge is -2.38. The highest BCUT2D eigenvalue weighted by atomic mass is 32.2. The molecule has 0 saturated carbocycles. The molecule has 2 atom stereocenters. The second-order valence-electron chi connectivity index (χ2n) is 10.7. The highest BCUT2D eigenvalue weighted by Crippen LogP contribution is 2.32. The smallest absolute Gasteiger partial charge is 0.330 e. The number of alkyl halides is 1. The molecule has 0 radical (unpaired) electrons. The first kappa shape index (κ1) is 28.6. The van der Waals surface area contributed by atoms with Crippen LogP contribution >= 0.6 is 0 Å². The average Bonchev–Trinajstić information content (AvgIpc) is 2.89. The summed E-state index contributed by atoms with van der Waals surface area (Å²) in [5.74, 6) is 0.114. The number of fused-ring (bicyclic) bond motifs is 1. The summed E-state index contributed by atoms with van der Waals surface area (Å²) in [5.41, 5.74) is 1.62. The van der Waals surface area contributed by atoms with Crippen LogP contribution in [0.25, 0.3) is 0 Å². The van der Waals surface area contributed by atoms with Gasteiger partial charge in [0.15, 0.2) is 0 Å². The van der Waals surface area contributed by atoms with E-state index in [1.54, 1.807) is 17.2 Å². The Morgan fingerprint density at radius 3 is 2.49 bits per heavy atom. The third kappa shape index (κ3) is 6.70. The van der Waals surface area contributed by atoms with Gasteiger partial charge in [-0.1, -0.05) is 12.1 Å². The Hall–Kier alpha value is -3.91. The second kappa shape index (κ2) is 11.5. The number of rotatable bonds is 8. The van der Waals surface area contributed by atoms with Crippen molar-refractivity contribution in [3.63, 3.8) is 0 Å². The van der Waals surface area contributed by atoms with E-state index in [9.17, 15) is 22.0 Å². The van der Waals surface area contributed by atoms with E-state index in [2.05, 4.69) is 25.0 Å². The van der Waals surface area contributed by atoms with E-state index in [0.29, 0.717) is 42.5 Å². The first-order valence-electron chi connectivity index (χ1n) is 13.2. The van der Waals surface area contributed by atoms with E-state index in [1.165, 1.54) is 41.4 Å². The SMILES string of the molecule is CC(C)N1C(=O)N(c2ccc(NS(=O)(=O)Cc3ccc(F)cc3)nc2)Cc2cnc(N[C@H]3C[C@H](F)CN(C)C3)nc21. The third-order valence-electron chi connectivity index (χ3n) is 6.86. The monoisotopic (exact) mass is 586 g/mol. The lowest BCUT2D eigenvalue weighted by atomic mass is 10.1. The molecule has 2 amide bonds. The fourth-order valence-electron chi connectivity index (χ4n) is 5.05. The molecule has 5 rings (SSSR count). The number of carbonyl (C=O) groups excluding carboxylic acids is 1. The summed E-state index contributed by atoms with van der Waals surface area (Å²) in [6.45, 7) is 5.00. The van der Waals surface area contributed by atoms with Crippen molar-refractivity contribution in [3.05, 3.63) is 65.7 Å². The van der Waals surface area contributed by atoms with Crippen molar-refractivity contribution in [1.82, 2.24) is 19.9 Å². The second-order valence-corrected chi connectivity index (χ2v) is 12.4. The number of likely N-dealkylation sites (tertiary alicyclic amines) is 1. The minimum Gasteiger partial charge on any atom is -0.350 e. The summed E-state index contributed by atoms with van der Waals surface area (Å²) in [4.78, 5) is 31.9. The molecule has 2 aliphatic rings. The largest absolute Gasteiger partial charge is 0.350 e. The Balaban J connectivity index is 1.31. The highest BCUT2D eigenvalue weighted by Gasteiger charge is 2.35. The predicted molar refractivity (Wildman–Crippen MR) is 153 cm³/mol. The van der Waals surface area contributed by atoms with Crippen molar-refractivity contribution in [2.24, 2.45) is 0 Å². The number of amides is 2. The number of carbonyl (C=O) groups is 1. The molecule has 0 unspecified atom stereocenters. The van der Waals surface area contributed by atoms with Crippen LogP contribution < -0.4 is 19.8 Å². The quantitative estimate of drug-likeness (QED) is 0.409. The normalized spacial score (nSPS) is 19.8. The van der Waals surface area contributed by atoms with Gasteiger partial charge in [-0.25, -0.2) is 32.0 Å². The standard InChI is InChI=1S/C27H32F2N8O3S/c1-17(2)37-25-19(11-31-26(33-25)32-22-10-21(29)14-35(3)15-22)13-36(27(37)38)23-8-9-24(30-12-23)34-41(39,40)16-18-4-6-20(28)7-5-18/h4-9,11-12,17,21-22H,10,13-16H2,1-3H3,(H,30,34)(H,31,32,33)/t21-,22-/m0/s1. The molecular formula is C27H32F2N8O3S. The zero-order valence-corrected chi connectivity index (χ0v) is 23.8. The molecule has 218 valence electrons. The van der Waals surface area contributed by atoms with Gasteiger partial charge in [0.05, 0.1) is 24.2 Å². The third-order valence-corrected chi connectivity index (χ3v) is 8.09. The van der Waals surface area contributed by atoms with E-state index >= 15 is 0 Å². The molecule has 1 fully saturated rings. The average molecular weight is 587 g/mol. The van der Waals surface area contributed by atoms with Gasteiger partial charge in [0, 0.05) is 43.4 Å². The van der Waals surface area contributed by atoms with Crippen LogP contribution in [0.1, 0.15) is 31.4 Å². The molecule has 41 heavy (non-hydrogen) atoms. The van der Waals surface area contributed by atoms with Crippen molar-refractivity contribution < 1.29 is 22.0 Å². The van der Waals surface area contributed by atoms with E-state index < -0.39 is 22.0 Å². The molecule has 0 spiro atoms. The van der Waals surface area contributed by atoms with E-state index in [4.69, 9.17) is 0 Å². The zero-order chi connectivity index (χ0) is 29.3. The van der Waals surface area contributed by atoms with Crippen LogP contribution in [0.4, 0.5) is 36.8 Å². The van der Waals surface area contributed by atoms with Gasteiger partial charge < -0.3 is 10.2 Å². The summed E-state index contributed by atoms with van der Waals surface area (Å²) >= 11 is 0. The lowest BCUT2D eigenvalue weighted by Crippen LogP contribution is -2.51. The predicted octanol–water partition coefficient (Wildman–Crippen LogP) is 3.76. The van der Waals surface area contributed by atoms with Crippen LogP contribution in [-0.4, -0.2) is 72.7 Å². The number of hydrogen-bond donors (Lipinski definition) is 2. The Labute approximate surface area is 237 Å². The van der Waals surface area contributed by atoms with Crippen molar-refractivity contribution in [2.75, 3.05) is 40.0 Å². The molecule has 1 saturated heterocycles. The van der Waals surface area contributed by atoms with Crippen LogP contribution in [0, 0.1) is 5.82 Å². The number of nitrogens with one attached hydrogen (secondary N) is 2. The van der Waals surface area contributed by atoms with Gasteiger partial charge >= 0.3 is 6.03 Å². The summed E-state index contributed by atoms with van der Waals surface area (Å²) in [6.07, 6.45) is 2.50. The number of benzene rings is 1. The van der Waals surface area contributed by atoms with Crippen molar-refractivity contribution >= 4 is 39.3 Å². The van der Waals surface area contributed by atoms with Gasteiger partial charge in [-0.15, -0.1) is 0 Å². The molecule has 0 aliphatic carbocycles. The molecular weight excluding hydrogens is 554 g/mol. The molecule has 2 N–H and O–H groups in total. The van der Waals surface area contributed by atoms with Crippen molar-refractivity contribution in [1.29, 1.82) is 0 Å². The van der Waals surface area contributed by atoms with Gasteiger partial charge in [-0.2, -0.15) is 4.98 Å². The maximum Gasteiger partial charge on any atom is 0.330 e. The number of sulfonamides is 1. The summed E-state index contributed by atoms with van der Waals surface area (Å²) < 4.78 is 54.8. The molecule has 0 bridgehead atoms. The fourth-order valence-corrected chi connectivity index (χ4v) is 6.19. The molecule has 3 aromatic rings. The minimum absolute atomic E-state index is 0.0874. The van der Waals surface area contributed by atoms with Crippen LogP contribution in [0.3, 0.4) is 0 Å². The minimum atomic E-state index is -3.80. The summed E-state index contributed by atoms with van der Waals surface area (Å²) in [5, 5.41) is 3.21. The number of piperidine rings is 1. The Morgan fingerprint density at radius 2 is 1.83 bits per heavy atom. The topological polar surface area (TPSA) is 124 Å². The van der Waals surface area contributed by atoms with Gasteiger partial charge in [0.1, 0.15) is 23.6 Å². The fraction of sp³-hybridized carbons (Fsp3) is 0.407. The molecule has 11 nitrogen and oxygen atoms in total. The number of pyridine rings is 1. The van der Waals surface area contributed by atoms with Crippen molar-refractivity contribution in [3.8, 4) is 0 Å². The highest BCUT2D eigenvalue weighted by molar-refractivity contribution is 7.91. The molecule has 2 aliphatic heterocycles. The Kier molecular flexibility index (Phi) is 8.04. The number of nitrogens with zero attached hydrogens (tertiary/aromatic N) is 6. The Morgan fingerprint density at radius 1 is 1.07 bits per heavy atom. The van der Waals surface area contributed by atoms with Crippen molar-refractivity contribution in [2.45, 2.75) is 50.8 Å². The van der Waals surface area contributed by atoms with Gasteiger partial charge in [0.2, 0.25) is 16.0 Å². The lowest BCUT2D eigenvalue weighted by molar-refractivity contribution is 0.153. The maximum atomic E-state index is 14.1. The number of likely N-dealkylation sites (N-methyl/N-ethyl adjacent to an activating group) is 1. The van der Waals surface area contributed by atoms with E-state index in [1.807, 2.05) is 25.8 Å². The first-order valence-corrected chi connectivity index (χ1v) is 14.9. The van der Waals surface area contributed by atoms with Gasteiger partial charge in [-0.3, -0.25) is 14.5 Å². The van der Waals surface area contributed by atoms with Gasteiger partial charge in [0.25, 0.3) is 0 Å². The molecule has 14 heteroatoms. The summed E-state index contributed by atoms with van der Waals surface area (Å²) in [7, 11) is -1.93. The number of halogens is 2. The van der Waals surface area contributed by atoms with Crippen LogP contribution in [-0.2, 0) is 22.3 Å². The van der Waals surface area contributed by atoms with Crippen LogP contribution in [0.15, 0.2) is 48.8 Å². The summed E-state index contributed by atoms with van der Waals surface area (Å²) in [6, 6.07) is 7.59. The number of urea groups is 1. The van der Waals surface area contributed by atoms with E-state index in [0.717, 1.165) is 5.56 Å². The maximum absolute atomic E-state index is 14.1.